The number of rotatable bonds is 1. The first-order chi connectivity index (χ1) is 13.3. The minimum atomic E-state index is -0.141. The van der Waals surface area contributed by atoms with Crippen LogP contribution in [0.2, 0.25) is 0 Å². The van der Waals surface area contributed by atoms with Crippen LogP contribution in [0, 0.1) is 35.5 Å². The normalized spacial score (nSPS) is 39.6. The second-order valence-corrected chi connectivity index (χ2v) is 10.1. The zero-order chi connectivity index (χ0) is 19.7. The van der Waals surface area contributed by atoms with Gasteiger partial charge in [0.25, 0.3) is 0 Å². The van der Waals surface area contributed by atoms with E-state index in [0.717, 1.165) is 32.1 Å². The van der Waals surface area contributed by atoms with Gasteiger partial charge in [0.05, 0.1) is 0 Å². The lowest BCUT2D eigenvalue weighted by atomic mass is 9.48. The van der Waals surface area contributed by atoms with Crippen molar-refractivity contribution in [1.29, 1.82) is 0 Å². The maximum Gasteiger partial charge on any atom is 0.156 e. The van der Waals surface area contributed by atoms with E-state index < -0.39 is 0 Å². The Morgan fingerprint density at radius 2 is 1.61 bits per heavy atom. The summed E-state index contributed by atoms with van der Waals surface area (Å²) in [7, 11) is 0. The van der Waals surface area contributed by atoms with Gasteiger partial charge in [0.15, 0.2) is 5.78 Å². The van der Waals surface area contributed by atoms with E-state index in [9.17, 15) is 9.59 Å². The van der Waals surface area contributed by atoms with Crippen molar-refractivity contribution >= 4 is 17.1 Å². The highest BCUT2D eigenvalue weighted by molar-refractivity contribution is 5.98. The van der Waals surface area contributed by atoms with Gasteiger partial charge in [0.2, 0.25) is 0 Å². The standard InChI is InChI=1S/C26H30O2/c1-16-4-6-17(7-5-16)19-15-20-21-8-9-24(28)26(21,3)13-11-22(20)25(2)12-10-18(27)14-23(19)25/h4-7,14-15,20-22H,8-13H2,1-3H3/t20-,21-,22-,25+,26-/m0/s1. The third-order valence-corrected chi connectivity index (χ3v) is 8.68. The number of allylic oxidation sites excluding steroid dienone is 4. The molecule has 0 heterocycles. The summed E-state index contributed by atoms with van der Waals surface area (Å²) in [5, 5.41) is 0. The summed E-state index contributed by atoms with van der Waals surface area (Å²) in [5.74, 6) is 2.18. The van der Waals surface area contributed by atoms with E-state index in [-0.39, 0.29) is 16.6 Å². The van der Waals surface area contributed by atoms with E-state index >= 15 is 0 Å². The number of fused-ring (bicyclic) bond motifs is 5. The molecule has 2 heteroatoms. The number of benzene rings is 1. The zero-order valence-electron chi connectivity index (χ0n) is 17.3. The van der Waals surface area contributed by atoms with E-state index in [0.29, 0.717) is 30.0 Å². The van der Waals surface area contributed by atoms with Crippen LogP contribution in [0.5, 0.6) is 0 Å². The third kappa shape index (κ3) is 2.39. The van der Waals surface area contributed by atoms with E-state index in [2.05, 4.69) is 51.1 Å². The smallest absolute Gasteiger partial charge is 0.156 e. The Morgan fingerprint density at radius 3 is 2.36 bits per heavy atom. The van der Waals surface area contributed by atoms with Crippen LogP contribution < -0.4 is 0 Å². The fourth-order valence-corrected chi connectivity index (χ4v) is 6.90. The summed E-state index contributed by atoms with van der Waals surface area (Å²) in [6, 6.07) is 8.72. The van der Waals surface area contributed by atoms with E-state index in [1.807, 2.05) is 6.08 Å². The van der Waals surface area contributed by atoms with Crippen LogP contribution in [0.4, 0.5) is 0 Å². The lowest BCUT2D eigenvalue weighted by Gasteiger charge is -2.55. The van der Waals surface area contributed by atoms with Crippen LogP contribution >= 0.6 is 0 Å². The lowest BCUT2D eigenvalue weighted by molar-refractivity contribution is -0.130. The lowest BCUT2D eigenvalue weighted by Crippen LogP contribution is -2.49. The molecule has 0 radical (unpaired) electrons. The van der Waals surface area contributed by atoms with Gasteiger partial charge in [-0.3, -0.25) is 9.59 Å². The summed E-state index contributed by atoms with van der Waals surface area (Å²) in [6.45, 7) is 6.73. The summed E-state index contributed by atoms with van der Waals surface area (Å²) in [5.41, 5.74) is 4.87. The highest BCUT2D eigenvalue weighted by atomic mass is 16.1. The van der Waals surface area contributed by atoms with Crippen molar-refractivity contribution < 1.29 is 9.59 Å². The number of carbonyl (C=O) groups is 2. The molecule has 5 rings (SSSR count). The van der Waals surface area contributed by atoms with Crippen molar-refractivity contribution in [2.45, 2.75) is 59.3 Å². The summed E-state index contributed by atoms with van der Waals surface area (Å²) >= 11 is 0. The van der Waals surface area contributed by atoms with Gasteiger partial charge in [-0.1, -0.05) is 49.8 Å². The Labute approximate surface area is 168 Å². The Kier molecular flexibility index (Phi) is 3.89. The van der Waals surface area contributed by atoms with E-state index in [1.165, 1.54) is 22.3 Å². The molecule has 0 unspecified atom stereocenters. The van der Waals surface area contributed by atoms with E-state index in [1.54, 1.807) is 0 Å². The molecule has 5 atom stereocenters. The minimum absolute atomic E-state index is 0.0422. The Bertz CT molecular complexity index is 918. The first kappa shape index (κ1) is 18.1. The predicted octanol–water partition coefficient (Wildman–Crippen LogP) is 5.70. The van der Waals surface area contributed by atoms with Crippen molar-refractivity contribution in [3.05, 3.63) is 53.1 Å². The van der Waals surface area contributed by atoms with Gasteiger partial charge in [-0.2, -0.15) is 0 Å². The summed E-state index contributed by atoms with van der Waals surface area (Å²) < 4.78 is 0. The fraction of sp³-hybridized carbons (Fsp3) is 0.538. The molecule has 2 nitrogen and oxygen atoms in total. The molecule has 0 bridgehead atoms. The average Bonchev–Trinajstić information content (AvgIpc) is 2.98. The Morgan fingerprint density at radius 1 is 0.893 bits per heavy atom. The first-order valence-corrected chi connectivity index (χ1v) is 10.9. The van der Waals surface area contributed by atoms with Crippen molar-refractivity contribution in [1.82, 2.24) is 0 Å². The molecule has 0 saturated heterocycles. The van der Waals surface area contributed by atoms with Crippen LogP contribution in [0.15, 0.2) is 42.0 Å². The monoisotopic (exact) mass is 374 g/mol. The van der Waals surface area contributed by atoms with Gasteiger partial charge in [-0.15, -0.1) is 0 Å². The molecule has 1 aromatic carbocycles. The molecule has 4 aliphatic rings. The van der Waals surface area contributed by atoms with E-state index in [4.69, 9.17) is 0 Å². The minimum Gasteiger partial charge on any atom is -0.299 e. The second-order valence-electron chi connectivity index (χ2n) is 10.1. The molecule has 0 aromatic heterocycles. The maximum atomic E-state index is 12.7. The number of hydrogen-bond donors (Lipinski definition) is 0. The highest BCUT2D eigenvalue weighted by Gasteiger charge is 2.58. The molecule has 28 heavy (non-hydrogen) atoms. The van der Waals surface area contributed by atoms with Crippen LogP contribution in [0.1, 0.15) is 63.5 Å². The van der Waals surface area contributed by atoms with Crippen LogP contribution in [0.25, 0.3) is 5.57 Å². The number of ketones is 2. The van der Waals surface area contributed by atoms with Crippen molar-refractivity contribution in [3.8, 4) is 0 Å². The van der Waals surface area contributed by atoms with Crippen LogP contribution in [-0.4, -0.2) is 11.6 Å². The molecular weight excluding hydrogens is 344 g/mol. The highest BCUT2D eigenvalue weighted by Crippen LogP contribution is 2.64. The molecule has 146 valence electrons. The fourth-order valence-electron chi connectivity index (χ4n) is 6.90. The molecule has 0 aliphatic heterocycles. The quantitative estimate of drug-likeness (QED) is 0.632. The largest absolute Gasteiger partial charge is 0.299 e. The van der Waals surface area contributed by atoms with Gasteiger partial charge < -0.3 is 0 Å². The van der Waals surface area contributed by atoms with Gasteiger partial charge in [0, 0.05) is 18.3 Å². The maximum absolute atomic E-state index is 12.7. The molecule has 1 aromatic rings. The number of carbonyl (C=O) groups excluding carboxylic acids is 2. The van der Waals surface area contributed by atoms with Crippen LogP contribution in [0.3, 0.4) is 0 Å². The van der Waals surface area contributed by atoms with Crippen molar-refractivity contribution in [2.75, 3.05) is 0 Å². The number of aryl methyl sites for hydroxylation is 1. The SMILES string of the molecule is Cc1ccc(C2=C[C@@H]3[C@H](CC[C@]4(C)C(=O)CC[C@@H]34)[C@@]3(C)CCC(=O)C=C23)cc1. The first-order valence-electron chi connectivity index (χ1n) is 10.9. The molecule has 2 fully saturated rings. The average molecular weight is 375 g/mol. The van der Waals surface area contributed by atoms with Gasteiger partial charge in [-0.05, 0) is 78.6 Å². The molecular formula is C26H30O2. The Balaban J connectivity index is 1.69. The van der Waals surface area contributed by atoms with Crippen molar-refractivity contribution in [3.63, 3.8) is 0 Å². The number of hydrogen-bond acceptors (Lipinski definition) is 2. The molecule has 0 spiro atoms. The summed E-state index contributed by atoms with van der Waals surface area (Å²) in [6.07, 6.45) is 9.90. The topological polar surface area (TPSA) is 34.1 Å². The molecule has 0 N–H and O–H groups in total. The predicted molar refractivity (Wildman–Crippen MR) is 112 cm³/mol. The Hall–Kier alpha value is -1.96. The molecule has 2 saturated carbocycles. The third-order valence-electron chi connectivity index (χ3n) is 8.68. The second kappa shape index (κ2) is 6.02. The van der Waals surface area contributed by atoms with Gasteiger partial charge in [0.1, 0.15) is 5.78 Å². The zero-order valence-corrected chi connectivity index (χ0v) is 17.3. The molecule has 0 amide bonds. The molecule has 4 aliphatic carbocycles. The summed E-state index contributed by atoms with van der Waals surface area (Å²) in [4.78, 5) is 25.1. The van der Waals surface area contributed by atoms with Crippen molar-refractivity contribution in [2.24, 2.45) is 28.6 Å². The van der Waals surface area contributed by atoms with Gasteiger partial charge >= 0.3 is 0 Å². The van der Waals surface area contributed by atoms with Gasteiger partial charge in [-0.25, -0.2) is 0 Å². The van der Waals surface area contributed by atoms with Crippen LogP contribution in [-0.2, 0) is 9.59 Å². The number of Topliss-reactive ketones (excluding diaryl/α,β-unsaturated/α-hetero) is 1.